The van der Waals surface area contributed by atoms with Gasteiger partial charge in [0, 0.05) is 45.0 Å². The Morgan fingerprint density at radius 3 is 1.37 bits per heavy atom. The molecule has 2 atom stereocenters. The number of halogens is 6. The van der Waals surface area contributed by atoms with E-state index >= 15 is 0 Å². The first-order valence-corrected chi connectivity index (χ1v) is 21.4. The molecular weight excluding hydrogens is 839 g/mol. The van der Waals surface area contributed by atoms with E-state index in [1.165, 1.54) is 24.3 Å². The molecule has 2 amide bonds. The molecule has 0 heterocycles. The molecule has 0 radical (unpaired) electrons. The Bertz CT molecular complexity index is 1600. The Balaban J connectivity index is 0.000000630. The third kappa shape index (κ3) is 30.5. The average molecular weight is 907 g/mol. The summed E-state index contributed by atoms with van der Waals surface area (Å²) in [5.74, 6) is -2.39. The molecule has 358 valence electrons. The van der Waals surface area contributed by atoms with Gasteiger partial charge < -0.3 is 44.5 Å². The number of aliphatic carboxylic acids is 2. The molecule has 12 nitrogen and oxygen atoms in total. The quantitative estimate of drug-likeness (QED) is 0.0428. The summed E-state index contributed by atoms with van der Waals surface area (Å²) >= 11 is 0. The van der Waals surface area contributed by atoms with Gasteiger partial charge in [-0.1, -0.05) is 62.8 Å². The zero-order valence-corrected chi connectivity index (χ0v) is 37.4. The van der Waals surface area contributed by atoms with Crippen LogP contribution in [0.5, 0.6) is 0 Å². The van der Waals surface area contributed by atoms with Crippen LogP contribution in [0, 0.1) is 0 Å². The van der Waals surface area contributed by atoms with Crippen LogP contribution >= 0.6 is 0 Å². The summed E-state index contributed by atoms with van der Waals surface area (Å²) < 4.78 is 86.7. The molecule has 2 aromatic rings. The number of carboxylic acids is 2. The third-order valence-electron chi connectivity index (χ3n) is 9.40. The first-order valence-electron chi connectivity index (χ1n) is 21.4. The van der Waals surface area contributed by atoms with Crippen LogP contribution in [0.3, 0.4) is 0 Å². The highest BCUT2D eigenvalue weighted by Gasteiger charge is 2.30. The van der Waals surface area contributed by atoms with E-state index in [0.29, 0.717) is 54.8 Å². The summed E-state index contributed by atoms with van der Waals surface area (Å²) in [5.41, 5.74) is 0.0680. The maximum absolute atomic E-state index is 12.5. The van der Waals surface area contributed by atoms with Crippen molar-refractivity contribution < 1.29 is 69.7 Å². The summed E-state index contributed by atoms with van der Waals surface area (Å²) in [4.78, 5) is 47.7. The van der Waals surface area contributed by atoms with Crippen molar-refractivity contribution in [3.05, 3.63) is 70.8 Å². The highest BCUT2D eigenvalue weighted by molar-refractivity contribution is 5.77. The van der Waals surface area contributed by atoms with E-state index < -0.39 is 47.5 Å². The van der Waals surface area contributed by atoms with Crippen molar-refractivity contribution in [2.75, 3.05) is 61.5 Å². The molecule has 0 aromatic heterocycles. The second-order valence-electron chi connectivity index (χ2n) is 17.0. The van der Waals surface area contributed by atoms with Gasteiger partial charge in [-0.3, -0.25) is 14.4 Å². The van der Waals surface area contributed by atoms with Crippen molar-refractivity contribution in [3.8, 4) is 0 Å². The Morgan fingerprint density at radius 1 is 0.635 bits per heavy atom. The van der Waals surface area contributed by atoms with Gasteiger partial charge in [0.25, 0.3) is 0 Å². The summed E-state index contributed by atoms with van der Waals surface area (Å²) in [6.45, 7) is 2.60. The van der Waals surface area contributed by atoms with Gasteiger partial charge in [0.05, 0.1) is 70.5 Å². The molecule has 2 rings (SSSR count). The van der Waals surface area contributed by atoms with Crippen LogP contribution in [-0.4, -0.2) is 112 Å². The standard InChI is InChI=1S/C23H35F3N2O4.C22H33F3N2O4/c1-28(2,3)16-20(15-22(30)31)27-21(29)9-7-5-4-6-8-14-32-17-18-10-12-19(13-11-18)23(24,25)26;1-27(2)15-19(14-21(29)30)26-20(28)8-6-4-3-5-7-13-31-16-17-9-11-18(12-10-17)22(23,24)25/h10-13,20H,4-9,14-17H2,1-3H3,(H-,27,29,30,31);9-12,19H,3-8,13-16H2,1-2H3,(H,26,28)(H,29,30)/t20-;19-/m11/s1. The second kappa shape index (κ2) is 30.0. The number of nitrogens with one attached hydrogen (secondary N) is 2. The largest absolute Gasteiger partial charge is 0.550 e. The lowest BCUT2D eigenvalue weighted by Gasteiger charge is -2.30. The molecule has 0 spiro atoms. The molecule has 0 unspecified atom stereocenters. The minimum Gasteiger partial charge on any atom is -0.550 e. The molecule has 0 aliphatic rings. The highest BCUT2D eigenvalue weighted by Crippen LogP contribution is 2.30. The molecular formula is C45H68F6N4O8. The number of likely N-dealkylation sites (N-methyl/N-ethyl adjacent to an activating group) is 2. The van der Waals surface area contributed by atoms with Crippen LogP contribution in [0.15, 0.2) is 48.5 Å². The van der Waals surface area contributed by atoms with E-state index in [-0.39, 0.29) is 37.9 Å². The lowest BCUT2D eigenvalue weighted by molar-refractivity contribution is -0.871. The number of hydrogen-bond acceptors (Lipinski definition) is 8. The van der Waals surface area contributed by atoms with Crippen molar-refractivity contribution >= 4 is 23.8 Å². The SMILES string of the molecule is CN(C)C[C@@H](CC(=O)O)NC(=O)CCCCCCCOCc1ccc(C(F)(F)F)cc1.C[N+](C)(C)C[C@@H](CC(=O)[O-])NC(=O)CCCCCCCOCc1ccc(C(F)(F)F)cc1. The minimum atomic E-state index is -4.33. The van der Waals surface area contributed by atoms with Crippen molar-refractivity contribution in [1.82, 2.24) is 15.5 Å². The molecule has 0 saturated carbocycles. The van der Waals surface area contributed by atoms with E-state index in [1.807, 2.05) is 40.1 Å². The van der Waals surface area contributed by atoms with E-state index in [1.54, 1.807) is 0 Å². The number of carbonyl (C=O) groups is 4. The number of hydrogen-bond donors (Lipinski definition) is 3. The smallest absolute Gasteiger partial charge is 0.416 e. The van der Waals surface area contributed by atoms with Crippen molar-refractivity contribution in [2.45, 2.75) is 128 Å². The first-order chi connectivity index (χ1) is 29.4. The molecule has 2 aromatic carbocycles. The number of alkyl halides is 6. The number of carboxylic acid groups (broad SMARTS) is 2. The Kier molecular flexibility index (Phi) is 27.0. The lowest BCUT2D eigenvalue weighted by Crippen LogP contribution is -2.50. The molecule has 0 fully saturated rings. The van der Waals surface area contributed by atoms with Crippen LogP contribution < -0.4 is 15.7 Å². The van der Waals surface area contributed by atoms with E-state index in [0.717, 1.165) is 88.5 Å². The zero-order chi connectivity index (χ0) is 47.5. The molecule has 0 aliphatic carbocycles. The number of carbonyl (C=O) groups excluding carboxylic acids is 3. The van der Waals surface area contributed by atoms with Gasteiger partial charge in [-0.2, -0.15) is 26.3 Å². The third-order valence-corrected chi connectivity index (χ3v) is 9.40. The summed E-state index contributed by atoms with van der Waals surface area (Å²) in [6.07, 6.45) is 0.447. The fourth-order valence-corrected chi connectivity index (χ4v) is 6.44. The maximum atomic E-state index is 12.5. The van der Waals surface area contributed by atoms with Crippen molar-refractivity contribution in [1.29, 1.82) is 0 Å². The van der Waals surface area contributed by atoms with E-state index in [2.05, 4.69) is 10.6 Å². The van der Waals surface area contributed by atoms with Gasteiger partial charge in [-0.25, -0.2) is 0 Å². The highest BCUT2D eigenvalue weighted by atomic mass is 19.4. The summed E-state index contributed by atoms with van der Waals surface area (Å²) in [5, 5.41) is 25.4. The first kappa shape index (κ1) is 56.8. The number of nitrogens with zero attached hydrogens (tertiary/aromatic N) is 2. The number of ether oxygens (including phenoxy) is 2. The minimum absolute atomic E-state index is 0.101. The van der Waals surface area contributed by atoms with Crippen LogP contribution in [0.2, 0.25) is 0 Å². The number of benzene rings is 2. The summed E-state index contributed by atoms with van der Waals surface area (Å²) in [7, 11) is 9.45. The number of quaternary nitrogens is 1. The fourth-order valence-electron chi connectivity index (χ4n) is 6.44. The van der Waals surface area contributed by atoms with Crippen molar-refractivity contribution in [2.24, 2.45) is 0 Å². The number of amides is 2. The van der Waals surface area contributed by atoms with Gasteiger partial charge in [0.15, 0.2) is 0 Å². The maximum Gasteiger partial charge on any atom is 0.416 e. The van der Waals surface area contributed by atoms with Gasteiger partial charge >= 0.3 is 18.3 Å². The monoisotopic (exact) mass is 906 g/mol. The van der Waals surface area contributed by atoms with E-state index in [4.69, 9.17) is 14.6 Å². The topological polar surface area (TPSA) is 157 Å². The molecule has 63 heavy (non-hydrogen) atoms. The normalized spacial score (nSPS) is 12.9. The average Bonchev–Trinajstić information content (AvgIpc) is 3.15. The van der Waals surface area contributed by atoms with Gasteiger partial charge in [-0.15, -0.1) is 0 Å². The molecule has 0 aliphatic heterocycles. The second-order valence-corrected chi connectivity index (χ2v) is 17.0. The van der Waals surface area contributed by atoms with Gasteiger partial charge in [0.1, 0.15) is 0 Å². The van der Waals surface area contributed by atoms with Gasteiger partial charge in [0.2, 0.25) is 11.8 Å². The number of rotatable bonds is 30. The lowest BCUT2D eigenvalue weighted by atomic mass is 10.1. The van der Waals surface area contributed by atoms with Crippen LogP contribution in [0.1, 0.15) is 112 Å². The van der Waals surface area contributed by atoms with Crippen molar-refractivity contribution in [3.63, 3.8) is 0 Å². The predicted molar refractivity (Wildman–Crippen MR) is 225 cm³/mol. The Labute approximate surface area is 368 Å². The Hall–Kier alpha value is -4.26. The molecule has 0 bridgehead atoms. The Morgan fingerprint density at radius 2 is 1.02 bits per heavy atom. The van der Waals surface area contributed by atoms with E-state index in [9.17, 15) is 50.6 Å². The number of unbranched alkanes of at least 4 members (excludes halogenated alkanes) is 8. The molecule has 3 N–H and O–H groups in total. The summed E-state index contributed by atoms with van der Waals surface area (Å²) in [6, 6.07) is 9.06. The van der Waals surface area contributed by atoms with Gasteiger partial charge in [-0.05, 0) is 75.2 Å². The molecule has 18 heteroatoms. The van der Waals surface area contributed by atoms with Crippen LogP contribution in [0.4, 0.5) is 26.3 Å². The molecule has 0 saturated heterocycles. The zero-order valence-electron chi connectivity index (χ0n) is 37.4. The predicted octanol–water partition coefficient (Wildman–Crippen LogP) is 6.98. The van der Waals surface area contributed by atoms with Crippen LogP contribution in [0.25, 0.3) is 0 Å². The fraction of sp³-hybridized carbons (Fsp3) is 0.644. The van der Waals surface area contributed by atoms with Crippen LogP contribution in [-0.2, 0) is 54.2 Å².